The lowest BCUT2D eigenvalue weighted by molar-refractivity contribution is -0.0287. The van der Waals surface area contributed by atoms with Crippen LogP contribution in [0.4, 0.5) is 0 Å². The molecule has 3 rings (SSSR count). The normalized spacial score (nSPS) is 25.0. The Morgan fingerprint density at radius 3 is 2.89 bits per heavy atom. The highest BCUT2D eigenvalue weighted by Crippen LogP contribution is 2.24. The van der Waals surface area contributed by atoms with Gasteiger partial charge in [0.1, 0.15) is 5.82 Å². The van der Waals surface area contributed by atoms with E-state index in [-0.39, 0.29) is 12.2 Å². The number of aryl methyl sites for hydroxylation is 1. The van der Waals surface area contributed by atoms with Gasteiger partial charge in [0.2, 0.25) is 0 Å². The number of fused-ring (bicyclic) bond motifs is 1. The van der Waals surface area contributed by atoms with Gasteiger partial charge < -0.3 is 14.4 Å². The molecule has 3 atom stereocenters. The maximum atomic E-state index is 10.3. The molecule has 1 aliphatic heterocycles. The number of rotatable bonds is 3. The Labute approximate surface area is 113 Å². The lowest BCUT2D eigenvalue weighted by Crippen LogP contribution is -2.29. The molecule has 0 bridgehead atoms. The van der Waals surface area contributed by atoms with Crippen LogP contribution in [-0.2, 0) is 18.2 Å². The van der Waals surface area contributed by atoms with E-state index >= 15 is 0 Å². The fourth-order valence-corrected chi connectivity index (χ4v) is 2.81. The standard InChI is InChI=1S/C15H20N2O2/c1-10-7-8-14(19-10)13(18)9-15-16-11-5-3-4-6-12(11)17(15)2/h3-6,10,13-14,18H,7-9H2,1-2H3. The highest BCUT2D eigenvalue weighted by Gasteiger charge is 2.29. The summed E-state index contributed by atoms with van der Waals surface area (Å²) in [5.41, 5.74) is 2.08. The number of aliphatic hydroxyl groups is 1. The molecule has 2 aromatic rings. The molecule has 0 amide bonds. The van der Waals surface area contributed by atoms with E-state index in [4.69, 9.17) is 4.74 Å². The molecule has 102 valence electrons. The molecular weight excluding hydrogens is 240 g/mol. The largest absolute Gasteiger partial charge is 0.390 e. The minimum absolute atomic E-state index is 0.0465. The first-order valence-corrected chi connectivity index (χ1v) is 6.89. The molecule has 1 aromatic carbocycles. The van der Waals surface area contributed by atoms with Crippen LogP contribution in [0.5, 0.6) is 0 Å². The number of para-hydroxylation sites is 2. The zero-order valence-electron chi connectivity index (χ0n) is 11.4. The third kappa shape index (κ3) is 2.38. The van der Waals surface area contributed by atoms with Gasteiger partial charge in [-0.2, -0.15) is 0 Å². The second-order valence-electron chi connectivity index (χ2n) is 5.41. The van der Waals surface area contributed by atoms with Crippen LogP contribution < -0.4 is 0 Å². The van der Waals surface area contributed by atoms with Gasteiger partial charge in [-0.05, 0) is 31.9 Å². The van der Waals surface area contributed by atoms with Gasteiger partial charge in [0, 0.05) is 13.5 Å². The Kier molecular flexibility index (Phi) is 3.29. The van der Waals surface area contributed by atoms with Gasteiger partial charge in [-0.25, -0.2) is 4.98 Å². The summed E-state index contributed by atoms with van der Waals surface area (Å²) in [4.78, 5) is 4.59. The Morgan fingerprint density at radius 1 is 1.42 bits per heavy atom. The highest BCUT2D eigenvalue weighted by molar-refractivity contribution is 5.75. The summed E-state index contributed by atoms with van der Waals surface area (Å²) in [5.74, 6) is 0.914. The van der Waals surface area contributed by atoms with Gasteiger partial charge in [-0.15, -0.1) is 0 Å². The quantitative estimate of drug-likeness (QED) is 0.918. The van der Waals surface area contributed by atoms with E-state index in [1.165, 1.54) is 0 Å². The fourth-order valence-electron chi connectivity index (χ4n) is 2.81. The van der Waals surface area contributed by atoms with E-state index in [1.807, 2.05) is 31.3 Å². The number of nitrogens with zero attached hydrogens (tertiary/aromatic N) is 2. The second-order valence-corrected chi connectivity index (χ2v) is 5.41. The molecule has 1 fully saturated rings. The number of benzene rings is 1. The molecule has 4 heteroatoms. The molecule has 0 saturated carbocycles. The van der Waals surface area contributed by atoms with Crippen molar-refractivity contribution < 1.29 is 9.84 Å². The van der Waals surface area contributed by atoms with Crippen molar-refractivity contribution in [2.75, 3.05) is 0 Å². The first-order chi connectivity index (χ1) is 9.15. The van der Waals surface area contributed by atoms with E-state index in [1.54, 1.807) is 0 Å². The van der Waals surface area contributed by atoms with Crippen LogP contribution in [0.2, 0.25) is 0 Å². The lowest BCUT2D eigenvalue weighted by Gasteiger charge is -2.18. The summed E-state index contributed by atoms with van der Waals surface area (Å²) >= 11 is 0. The van der Waals surface area contributed by atoms with Gasteiger partial charge in [-0.3, -0.25) is 0 Å². The molecule has 0 spiro atoms. The Hall–Kier alpha value is -1.39. The average molecular weight is 260 g/mol. The third-order valence-corrected chi connectivity index (χ3v) is 3.97. The minimum Gasteiger partial charge on any atom is -0.390 e. The van der Waals surface area contributed by atoms with Gasteiger partial charge in [0.15, 0.2) is 0 Å². The van der Waals surface area contributed by atoms with Crippen molar-refractivity contribution >= 4 is 11.0 Å². The molecule has 1 N–H and O–H groups in total. The van der Waals surface area contributed by atoms with Crippen molar-refractivity contribution in [2.24, 2.45) is 7.05 Å². The number of aromatic nitrogens is 2. The van der Waals surface area contributed by atoms with E-state index in [0.717, 1.165) is 29.7 Å². The first kappa shape index (κ1) is 12.6. The highest BCUT2D eigenvalue weighted by atomic mass is 16.5. The monoisotopic (exact) mass is 260 g/mol. The van der Waals surface area contributed by atoms with Crippen molar-refractivity contribution in [3.63, 3.8) is 0 Å². The molecule has 3 unspecified atom stereocenters. The zero-order chi connectivity index (χ0) is 13.4. The molecule has 0 aliphatic carbocycles. The number of aliphatic hydroxyl groups excluding tert-OH is 1. The van der Waals surface area contributed by atoms with E-state index in [9.17, 15) is 5.11 Å². The maximum absolute atomic E-state index is 10.3. The van der Waals surface area contributed by atoms with Crippen molar-refractivity contribution in [3.8, 4) is 0 Å². The molecule has 0 radical (unpaired) electrons. The summed E-state index contributed by atoms with van der Waals surface area (Å²) in [6, 6.07) is 8.04. The van der Waals surface area contributed by atoms with E-state index < -0.39 is 6.10 Å². The maximum Gasteiger partial charge on any atom is 0.112 e. The van der Waals surface area contributed by atoms with E-state index in [0.29, 0.717) is 6.42 Å². The summed E-state index contributed by atoms with van der Waals surface area (Å²) in [7, 11) is 2.00. The predicted molar refractivity (Wildman–Crippen MR) is 74.0 cm³/mol. The smallest absolute Gasteiger partial charge is 0.112 e. The Morgan fingerprint density at radius 2 is 2.21 bits per heavy atom. The molecule has 2 heterocycles. The summed E-state index contributed by atoms with van der Waals surface area (Å²) in [5, 5.41) is 10.3. The summed E-state index contributed by atoms with van der Waals surface area (Å²) < 4.78 is 7.77. The number of hydrogen-bond donors (Lipinski definition) is 1. The van der Waals surface area contributed by atoms with Gasteiger partial charge >= 0.3 is 0 Å². The third-order valence-electron chi connectivity index (χ3n) is 3.97. The van der Waals surface area contributed by atoms with Crippen molar-refractivity contribution in [1.29, 1.82) is 0 Å². The van der Waals surface area contributed by atoms with Crippen LogP contribution >= 0.6 is 0 Å². The SMILES string of the molecule is CC1CCC(C(O)Cc2nc3ccccc3n2C)O1. The van der Waals surface area contributed by atoms with Crippen LogP contribution in [0, 0.1) is 0 Å². The number of imidazole rings is 1. The second kappa shape index (κ2) is 4.94. The van der Waals surface area contributed by atoms with Crippen LogP contribution in [0.25, 0.3) is 11.0 Å². The van der Waals surface area contributed by atoms with Gasteiger partial charge in [-0.1, -0.05) is 12.1 Å². The molecule has 4 nitrogen and oxygen atoms in total. The van der Waals surface area contributed by atoms with E-state index in [2.05, 4.69) is 16.5 Å². The molecule has 19 heavy (non-hydrogen) atoms. The summed E-state index contributed by atoms with van der Waals surface area (Å²) in [6.07, 6.45) is 2.26. The topological polar surface area (TPSA) is 47.3 Å². The Bertz CT molecular complexity index is 579. The van der Waals surface area contributed by atoms with Crippen molar-refractivity contribution in [1.82, 2.24) is 9.55 Å². The van der Waals surface area contributed by atoms with Gasteiger partial charge in [0.25, 0.3) is 0 Å². The van der Waals surface area contributed by atoms with Crippen LogP contribution in [0.1, 0.15) is 25.6 Å². The lowest BCUT2D eigenvalue weighted by atomic mass is 10.1. The van der Waals surface area contributed by atoms with Crippen molar-refractivity contribution in [2.45, 2.75) is 44.5 Å². The predicted octanol–water partition coefficient (Wildman–Crippen LogP) is 2.04. The fraction of sp³-hybridized carbons (Fsp3) is 0.533. The minimum atomic E-state index is -0.472. The molecule has 1 aromatic heterocycles. The first-order valence-electron chi connectivity index (χ1n) is 6.89. The van der Waals surface area contributed by atoms with Gasteiger partial charge in [0.05, 0.1) is 29.3 Å². The number of ether oxygens (including phenoxy) is 1. The molecule has 1 saturated heterocycles. The van der Waals surface area contributed by atoms with Crippen LogP contribution in [0.3, 0.4) is 0 Å². The number of hydrogen-bond acceptors (Lipinski definition) is 3. The summed E-state index contributed by atoms with van der Waals surface area (Å²) in [6.45, 7) is 2.06. The molecule has 1 aliphatic rings. The average Bonchev–Trinajstić information content (AvgIpc) is 2.96. The molecular formula is C15H20N2O2. The van der Waals surface area contributed by atoms with Crippen LogP contribution in [-0.4, -0.2) is 33.0 Å². The van der Waals surface area contributed by atoms with Crippen molar-refractivity contribution in [3.05, 3.63) is 30.1 Å². The Balaban J connectivity index is 1.79. The van der Waals surface area contributed by atoms with Crippen LogP contribution in [0.15, 0.2) is 24.3 Å². The zero-order valence-corrected chi connectivity index (χ0v) is 11.4.